The maximum Gasteiger partial charge on any atom is 0.180 e. The van der Waals surface area contributed by atoms with Gasteiger partial charge in [-0.15, -0.1) is 0 Å². The summed E-state index contributed by atoms with van der Waals surface area (Å²) >= 11 is 6.26. The molecule has 0 saturated carbocycles. The number of hydrogen-bond donors (Lipinski definition) is 1. The molecule has 1 N–H and O–H groups in total. The van der Waals surface area contributed by atoms with Crippen molar-refractivity contribution < 1.29 is 14.6 Å². The molecule has 0 bridgehead atoms. The molecule has 4 heteroatoms. The van der Waals surface area contributed by atoms with E-state index in [0.29, 0.717) is 24.0 Å². The molecule has 3 nitrogen and oxygen atoms in total. The van der Waals surface area contributed by atoms with Crippen molar-refractivity contribution in [3.8, 4) is 11.5 Å². The average Bonchev–Trinajstić information content (AvgIpc) is 2.62. The number of aliphatic hydroxyl groups excluding tert-OH is 1. The predicted octanol–water partition coefficient (Wildman–Crippen LogP) is 2.99. The number of rotatable bonds is 4. The molecule has 0 fully saturated rings. The lowest BCUT2D eigenvalue weighted by molar-refractivity contribution is 0.288. The van der Waals surface area contributed by atoms with Gasteiger partial charge in [0.15, 0.2) is 11.5 Å². The van der Waals surface area contributed by atoms with Crippen molar-refractivity contribution in [1.82, 2.24) is 0 Å². The van der Waals surface area contributed by atoms with E-state index in [1.165, 1.54) is 0 Å². The Morgan fingerprint density at radius 2 is 2.00 bits per heavy atom. The Morgan fingerprint density at radius 3 is 2.67 bits per heavy atom. The normalized spacial score (nSPS) is 14.4. The van der Waals surface area contributed by atoms with E-state index in [4.69, 9.17) is 26.2 Å². The number of benzene rings is 1. The maximum atomic E-state index is 8.95. The number of aliphatic hydroxyl groups is 1. The molecule has 0 unspecified atom stereocenters. The van der Waals surface area contributed by atoms with Crippen LogP contribution in [-0.4, -0.2) is 24.9 Å². The summed E-state index contributed by atoms with van der Waals surface area (Å²) in [6, 6.07) is 1.95. The lowest BCUT2D eigenvalue weighted by Gasteiger charge is -2.17. The molecule has 0 atom stereocenters. The quantitative estimate of drug-likeness (QED) is 0.914. The van der Waals surface area contributed by atoms with Crippen LogP contribution in [0.2, 0.25) is 5.02 Å². The van der Waals surface area contributed by atoms with Crippen LogP contribution in [0.3, 0.4) is 0 Å². The van der Waals surface area contributed by atoms with Crippen LogP contribution in [0, 0.1) is 0 Å². The number of aryl methyl sites for hydroxylation is 1. The molecular formula is C14H19ClO3. The van der Waals surface area contributed by atoms with E-state index in [1.807, 2.05) is 6.07 Å². The largest absolute Gasteiger partial charge is 0.489 e. The highest BCUT2D eigenvalue weighted by Crippen LogP contribution is 2.42. The third kappa shape index (κ3) is 2.73. The standard InChI is InChI=1S/C14H19ClO3/c1-2-11-10(5-3-6-16)9-12(15)14-13(11)17-7-4-8-18-14/h9,16H,2-8H2,1H3. The van der Waals surface area contributed by atoms with Crippen LogP contribution in [0.1, 0.15) is 30.9 Å². The van der Waals surface area contributed by atoms with Crippen LogP contribution in [0.5, 0.6) is 11.5 Å². The van der Waals surface area contributed by atoms with Gasteiger partial charge in [-0.1, -0.05) is 18.5 Å². The second-order valence-corrected chi connectivity index (χ2v) is 4.79. The molecule has 0 amide bonds. The molecule has 1 aromatic carbocycles. The first-order valence-electron chi connectivity index (χ1n) is 6.48. The minimum atomic E-state index is 0.190. The van der Waals surface area contributed by atoms with E-state index in [0.717, 1.165) is 42.6 Å². The zero-order chi connectivity index (χ0) is 13.0. The number of ether oxygens (including phenoxy) is 2. The predicted molar refractivity (Wildman–Crippen MR) is 71.8 cm³/mol. The number of fused-ring (bicyclic) bond motifs is 1. The van der Waals surface area contributed by atoms with Crippen LogP contribution < -0.4 is 9.47 Å². The van der Waals surface area contributed by atoms with Crippen molar-refractivity contribution in [3.63, 3.8) is 0 Å². The molecule has 0 saturated heterocycles. The van der Waals surface area contributed by atoms with Gasteiger partial charge in [-0.05, 0) is 30.9 Å². The van der Waals surface area contributed by atoms with Gasteiger partial charge in [0.25, 0.3) is 0 Å². The maximum absolute atomic E-state index is 8.95. The van der Waals surface area contributed by atoms with Gasteiger partial charge >= 0.3 is 0 Å². The van der Waals surface area contributed by atoms with Gasteiger partial charge in [-0.2, -0.15) is 0 Å². The van der Waals surface area contributed by atoms with Crippen molar-refractivity contribution >= 4 is 11.6 Å². The summed E-state index contributed by atoms with van der Waals surface area (Å²) in [5.74, 6) is 1.48. The summed E-state index contributed by atoms with van der Waals surface area (Å²) < 4.78 is 11.5. The van der Waals surface area contributed by atoms with Gasteiger partial charge in [-0.3, -0.25) is 0 Å². The number of halogens is 1. The van der Waals surface area contributed by atoms with Crippen LogP contribution in [0.4, 0.5) is 0 Å². The SMILES string of the molecule is CCc1c(CCCO)cc(Cl)c2c1OCCCO2. The van der Waals surface area contributed by atoms with Gasteiger partial charge < -0.3 is 14.6 Å². The van der Waals surface area contributed by atoms with Crippen molar-refractivity contribution in [3.05, 3.63) is 22.2 Å². The van der Waals surface area contributed by atoms with Crippen LogP contribution in [0.25, 0.3) is 0 Å². The average molecular weight is 271 g/mol. The topological polar surface area (TPSA) is 38.7 Å². The molecule has 0 aromatic heterocycles. The molecule has 18 heavy (non-hydrogen) atoms. The van der Waals surface area contributed by atoms with Crippen LogP contribution >= 0.6 is 11.6 Å². The zero-order valence-electron chi connectivity index (χ0n) is 10.7. The first-order chi connectivity index (χ1) is 8.77. The molecule has 1 aliphatic heterocycles. The van der Waals surface area contributed by atoms with E-state index in [2.05, 4.69) is 6.92 Å². The monoisotopic (exact) mass is 270 g/mol. The summed E-state index contributed by atoms with van der Waals surface area (Å²) in [4.78, 5) is 0. The van der Waals surface area contributed by atoms with Crippen LogP contribution in [0.15, 0.2) is 6.07 Å². The Labute approximate surface area is 113 Å². The Morgan fingerprint density at radius 1 is 1.28 bits per heavy atom. The highest BCUT2D eigenvalue weighted by atomic mass is 35.5. The summed E-state index contributed by atoms with van der Waals surface area (Å²) in [5, 5.41) is 9.56. The number of hydrogen-bond acceptors (Lipinski definition) is 3. The van der Waals surface area contributed by atoms with E-state index in [-0.39, 0.29) is 6.61 Å². The fraction of sp³-hybridized carbons (Fsp3) is 0.571. The molecule has 0 aliphatic carbocycles. The zero-order valence-corrected chi connectivity index (χ0v) is 11.4. The second-order valence-electron chi connectivity index (χ2n) is 4.39. The van der Waals surface area contributed by atoms with Gasteiger partial charge in [0.1, 0.15) is 0 Å². The van der Waals surface area contributed by atoms with Gasteiger partial charge in [0.05, 0.1) is 18.2 Å². The third-order valence-corrected chi connectivity index (χ3v) is 3.41. The van der Waals surface area contributed by atoms with Crippen LogP contribution in [-0.2, 0) is 12.8 Å². The molecule has 0 radical (unpaired) electrons. The summed E-state index contributed by atoms with van der Waals surface area (Å²) in [7, 11) is 0. The molecule has 100 valence electrons. The first-order valence-corrected chi connectivity index (χ1v) is 6.86. The molecule has 1 aliphatic rings. The Kier molecular flexibility index (Phi) is 4.72. The molecule has 1 aromatic rings. The van der Waals surface area contributed by atoms with Gasteiger partial charge in [0.2, 0.25) is 0 Å². The molecule has 0 spiro atoms. The van der Waals surface area contributed by atoms with Crippen molar-refractivity contribution in [2.75, 3.05) is 19.8 Å². The van der Waals surface area contributed by atoms with E-state index >= 15 is 0 Å². The smallest absolute Gasteiger partial charge is 0.180 e. The fourth-order valence-electron chi connectivity index (χ4n) is 2.27. The van der Waals surface area contributed by atoms with Gasteiger partial charge in [-0.25, -0.2) is 0 Å². The summed E-state index contributed by atoms with van der Waals surface area (Å²) in [6.45, 7) is 3.60. The fourth-order valence-corrected chi connectivity index (χ4v) is 2.54. The van der Waals surface area contributed by atoms with Crippen molar-refractivity contribution in [2.24, 2.45) is 0 Å². The molecular weight excluding hydrogens is 252 g/mol. The van der Waals surface area contributed by atoms with Crippen molar-refractivity contribution in [2.45, 2.75) is 32.6 Å². The summed E-state index contributed by atoms with van der Waals surface area (Å²) in [5.41, 5.74) is 2.31. The van der Waals surface area contributed by atoms with Crippen molar-refractivity contribution in [1.29, 1.82) is 0 Å². The van der Waals surface area contributed by atoms with E-state index in [1.54, 1.807) is 0 Å². The Bertz CT molecular complexity index is 418. The highest BCUT2D eigenvalue weighted by molar-refractivity contribution is 6.32. The minimum Gasteiger partial charge on any atom is -0.489 e. The highest BCUT2D eigenvalue weighted by Gasteiger charge is 2.20. The minimum absolute atomic E-state index is 0.190. The van der Waals surface area contributed by atoms with E-state index in [9.17, 15) is 0 Å². The van der Waals surface area contributed by atoms with Gasteiger partial charge in [0, 0.05) is 18.6 Å². The van der Waals surface area contributed by atoms with E-state index < -0.39 is 0 Å². The Hall–Kier alpha value is -0.930. The lowest BCUT2D eigenvalue weighted by atomic mass is 9.99. The third-order valence-electron chi connectivity index (χ3n) is 3.13. The molecule has 2 rings (SSSR count). The summed E-state index contributed by atoms with van der Waals surface area (Å²) in [6.07, 6.45) is 3.31. The first kappa shape index (κ1) is 13.5. The molecule has 1 heterocycles. The Balaban J connectivity index is 2.43. The lowest BCUT2D eigenvalue weighted by Crippen LogP contribution is -2.02. The second kappa shape index (κ2) is 6.30.